The minimum atomic E-state index is 1.19. The molecule has 2 heteroatoms. The average molecular weight is 124 g/mol. The summed E-state index contributed by atoms with van der Waals surface area (Å²) < 4.78 is 0. The summed E-state index contributed by atoms with van der Waals surface area (Å²) in [4.78, 5) is 3.82. The molecule has 1 N–H and O–H groups in total. The van der Waals surface area contributed by atoms with Gasteiger partial charge in [-0.3, -0.25) is 4.99 Å². The molecule has 0 aliphatic heterocycles. The lowest BCUT2D eigenvalue weighted by atomic mass is 10.3. The molecule has 0 bridgehead atoms. The number of hydrogen-bond acceptors (Lipinski definition) is 1. The monoisotopic (exact) mass is 124 g/mol. The molecule has 0 saturated carbocycles. The highest BCUT2D eigenvalue weighted by molar-refractivity contribution is 5.57. The van der Waals surface area contributed by atoms with Gasteiger partial charge in [0.25, 0.3) is 0 Å². The Morgan fingerprint density at radius 3 is 3.22 bits per heavy atom. The topological polar surface area (TPSA) is 24.4 Å². The lowest BCUT2D eigenvalue weighted by Gasteiger charge is -1.96. The van der Waals surface area contributed by atoms with Gasteiger partial charge in [0, 0.05) is 12.7 Å². The van der Waals surface area contributed by atoms with Crippen LogP contribution in [-0.4, -0.2) is 13.4 Å². The van der Waals surface area contributed by atoms with Crippen LogP contribution >= 0.6 is 0 Å². The van der Waals surface area contributed by atoms with Crippen LogP contribution < -0.4 is 5.32 Å². The second-order valence-electron chi connectivity index (χ2n) is 2.15. The number of hydrogen-bond donors (Lipinski definition) is 1. The summed E-state index contributed by atoms with van der Waals surface area (Å²) in [5.74, 6) is 0. The van der Waals surface area contributed by atoms with Gasteiger partial charge in [-0.25, -0.2) is 0 Å². The molecule has 0 aromatic rings. The summed E-state index contributed by atoms with van der Waals surface area (Å²) in [5, 5.41) is 3.10. The van der Waals surface area contributed by atoms with E-state index in [4.69, 9.17) is 0 Å². The molecule has 1 rings (SSSR count). The predicted octanol–water partition coefficient (Wildman–Crippen LogP) is 1.30. The van der Waals surface area contributed by atoms with E-state index in [-0.39, 0.29) is 0 Å². The molecule has 2 nitrogen and oxygen atoms in total. The highest BCUT2D eigenvalue weighted by Crippen LogP contribution is 2.13. The first-order valence-corrected chi connectivity index (χ1v) is 3.29. The van der Waals surface area contributed by atoms with Gasteiger partial charge in [-0.1, -0.05) is 6.08 Å². The Morgan fingerprint density at radius 1 is 1.78 bits per heavy atom. The summed E-state index contributed by atoms with van der Waals surface area (Å²) in [5.41, 5.74) is 1.32. The Balaban J connectivity index is 2.26. The molecular formula is C7H12N2. The van der Waals surface area contributed by atoms with Gasteiger partial charge in [0.2, 0.25) is 0 Å². The van der Waals surface area contributed by atoms with E-state index in [0.29, 0.717) is 0 Å². The molecule has 0 aromatic carbocycles. The van der Waals surface area contributed by atoms with Crippen LogP contribution in [0, 0.1) is 0 Å². The highest BCUT2D eigenvalue weighted by Gasteiger charge is 2.00. The molecule has 0 radical (unpaired) electrons. The van der Waals surface area contributed by atoms with Gasteiger partial charge in [0.1, 0.15) is 0 Å². The largest absolute Gasteiger partial charge is 0.351 e. The van der Waals surface area contributed by atoms with Crippen LogP contribution in [0.1, 0.15) is 19.3 Å². The normalized spacial score (nSPS) is 18.6. The molecule has 0 heterocycles. The predicted molar refractivity (Wildman–Crippen MR) is 39.5 cm³/mol. The summed E-state index contributed by atoms with van der Waals surface area (Å²) in [6.07, 6.45) is 7.66. The van der Waals surface area contributed by atoms with Gasteiger partial charge >= 0.3 is 0 Å². The van der Waals surface area contributed by atoms with Crippen molar-refractivity contribution in [1.82, 2.24) is 5.32 Å². The molecule has 0 fully saturated rings. The molecule has 0 spiro atoms. The van der Waals surface area contributed by atoms with Crippen molar-refractivity contribution in [1.29, 1.82) is 0 Å². The molecule has 0 saturated heterocycles. The summed E-state index contributed by atoms with van der Waals surface area (Å²) in [6.45, 7) is 0. The number of nitrogens with zero attached hydrogens (tertiary/aromatic N) is 1. The Hall–Kier alpha value is -0.790. The number of rotatable bonds is 2. The van der Waals surface area contributed by atoms with E-state index in [1.165, 1.54) is 25.0 Å². The third kappa shape index (κ3) is 1.88. The van der Waals surface area contributed by atoms with E-state index >= 15 is 0 Å². The Labute approximate surface area is 55.7 Å². The molecule has 0 unspecified atom stereocenters. The van der Waals surface area contributed by atoms with Crippen LogP contribution in [0.2, 0.25) is 0 Å². The van der Waals surface area contributed by atoms with Crippen molar-refractivity contribution in [3.05, 3.63) is 11.8 Å². The fraction of sp³-hybridized carbons (Fsp3) is 0.571. The van der Waals surface area contributed by atoms with Crippen LogP contribution in [0.15, 0.2) is 16.8 Å². The smallest absolute Gasteiger partial charge is 0.0861 e. The summed E-state index contributed by atoms with van der Waals surface area (Å²) >= 11 is 0. The molecule has 50 valence electrons. The zero-order valence-electron chi connectivity index (χ0n) is 5.72. The van der Waals surface area contributed by atoms with Gasteiger partial charge < -0.3 is 5.32 Å². The number of aliphatic imine (C=N–C) groups is 1. The Morgan fingerprint density at radius 2 is 2.67 bits per heavy atom. The third-order valence-corrected chi connectivity index (χ3v) is 1.42. The lowest BCUT2D eigenvalue weighted by molar-refractivity contribution is 0.880. The molecule has 0 aromatic heterocycles. The van der Waals surface area contributed by atoms with Crippen LogP contribution in [0.25, 0.3) is 0 Å². The minimum absolute atomic E-state index is 1.19. The standard InChI is InChI=1S/C7H12N2/c1-8-6-9-7-4-2-3-5-7/h4,6H,2-3,5H2,1H3,(H,8,9). The van der Waals surface area contributed by atoms with Crippen LogP contribution in [0.3, 0.4) is 0 Å². The van der Waals surface area contributed by atoms with E-state index in [0.717, 1.165) is 0 Å². The summed E-state index contributed by atoms with van der Waals surface area (Å²) in [6, 6.07) is 0. The second-order valence-corrected chi connectivity index (χ2v) is 2.15. The van der Waals surface area contributed by atoms with Crippen LogP contribution in [-0.2, 0) is 0 Å². The third-order valence-electron chi connectivity index (χ3n) is 1.42. The van der Waals surface area contributed by atoms with Gasteiger partial charge in [-0.15, -0.1) is 0 Å². The van der Waals surface area contributed by atoms with Crippen molar-refractivity contribution in [3.8, 4) is 0 Å². The molecule has 9 heavy (non-hydrogen) atoms. The fourth-order valence-electron chi connectivity index (χ4n) is 0.949. The molecule has 0 atom stereocenters. The zero-order valence-corrected chi connectivity index (χ0v) is 5.72. The molecule has 0 amide bonds. The maximum atomic E-state index is 3.82. The highest BCUT2D eigenvalue weighted by atomic mass is 14.9. The van der Waals surface area contributed by atoms with Gasteiger partial charge in [-0.2, -0.15) is 0 Å². The van der Waals surface area contributed by atoms with Crippen LogP contribution in [0.4, 0.5) is 0 Å². The lowest BCUT2D eigenvalue weighted by Crippen LogP contribution is -2.07. The maximum Gasteiger partial charge on any atom is 0.0861 e. The van der Waals surface area contributed by atoms with E-state index < -0.39 is 0 Å². The van der Waals surface area contributed by atoms with Crippen molar-refractivity contribution >= 4 is 6.34 Å². The van der Waals surface area contributed by atoms with Gasteiger partial charge in [0.15, 0.2) is 0 Å². The number of allylic oxidation sites excluding steroid dienone is 2. The van der Waals surface area contributed by atoms with Crippen molar-refractivity contribution in [2.24, 2.45) is 4.99 Å². The van der Waals surface area contributed by atoms with Crippen LogP contribution in [0.5, 0.6) is 0 Å². The quantitative estimate of drug-likeness (QED) is 0.435. The van der Waals surface area contributed by atoms with Crippen molar-refractivity contribution in [2.45, 2.75) is 19.3 Å². The SMILES string of the molecule is CN=CNC1=CCCC1. The maximum absolute atomic E-state index is 3.82. The summed E-state index contributed by atoms with van der Waals surface area (Å²) in [7, 11) is 1.77. The average Bonchev–Trinajstić information content (AvgIpc) is 2.34. The molecule has 1 aliphatic rings. The first-order valence-electron chi connectivity index (χ1n) is 3.29. The van der Waals surface area contributed by atoms with Gasteiger partial charge in [0.05, 0.1) is 6.34 Å². The van der Waals surface area contributed by atoms with E-state index in [9.17, 15) is 0 Å². The zero-order chi connectivity index (χ0) is 6.53. The first kappa shape index (κ1) is 6.33. The van der Waals surface area contributed by atoms with E-state index in [2.05, 4.69) is 16.4 Å². The van der Waals surface area contributed by atoms with Crippen molar-refractivity contribution in [2.75, 3.05) is 7.05 Å². The second kappa shape index (κ2) is 3.28. The first-order chi connectivity index (χ1) is 4.43. The number of nitrogens with one attached hydrogen (secondary N) is 1. The molecular weight excluding hydrogens is 112 g/mol. The minimum Gasteiger partial charge on any atom is -0.351 e. The Kier molecular flexibility index (Phi) is 2.31. The fourth-order valence-corrected chi connectivity index (χ4v) is 0.949. The van der Waals surface area contributed by atoms with E-state index in [1.807, 2.05) is 0 Å². The van der Waals surface area contributed by atoms with Crippen molar-refractivity contribution < 1.29 is 0 Å². The van der Waals surface area contributed by atoms with Gasteiger partial charge in [-0.05, 0) is 19.3 Å². The molecule has 1 aliphatic carbocycles. The van der Waals surface area contributed by atoms with Crippen molar-refractivity contribution in [3.63, 3.8) is 0 Å². The Bertz CT molecular complexity index is 136. The van der Waals surface area contributed by atoms with E-state index in [1.54, 1.807) is 13.4 Å².